The highest BCUT2D eigenvalue weighted by Crippen LogP contribution is 2.32. The molecule has 0 radical (unpaired) electrons. The standard InChI is InChI=1S/C15H13NOS/c1-10-6-7-12(9-16-10)15(17)14-8-11-4-2-3-5-13(11)18-14/h2-9,15,17H,1H3. The van der Waals surface area contributed by atoms with Gasteiger partial charge in [0.1, 0.15) is 6.10 Å². The van der Waals surface area contributed by atoms with E-state index in [0.717, 1.165) is 16.1 Å². The molecule has 0 fully saturated rings. The molecule has 1 aromatic carbocycles. The monoisotopic (exact) mass is 255 g/mol. The van der Waals surface area contributed by atoms with Crippen molar-refractivity contribution in [1.82, 2.24) is 4.98 Å². The predicted octanol–water partition coefficient (Wildman–Crippen LogP) is 3.69. The lowest BCUT2D eigenvalue weighted by Gasteiger charge is -2.08. The van der Waals surface area contributed by atoms with Gasteiger partial charge in [-0.15, -0.1) is 11.3 Å². The summed E-state index contributed by atoms with van der Waals surface area (Å²) in [6, 6.07) is 14.1. The van der Waals surface area contributed by atoms with Crippen LogP contribution in [0.3, 0.4) is 0 Å². The van der Waals surface area contributed by atoms with Crippen LogP contribution in [0.2, 0.25) is 0 Å². The van der Waals surface area contributed by atoms with Gasteiger partial charge >= 0.3 is 0 Å². The summed E-state index contributed by atoms with van der Waals surface area (Å²) in [6.45, 7) is 1.94. The zero-order valence-corrected chi connectivity index (χ0v) is 10.8. The van der Waals surface area contributed by atoms with Crippen molar-refractivity contribution in [3.05, 3.63) is 64.8 Å². The van der Waals surface area contributed by atoms with Gasteiger partial charge in [-0.05, 0) is 30.5 Å². The van der Waals surface area contributed by atoms with E-state index >= 15 is 0 Å². The van der Waals surface area contributed by atoms with Crippen LogP contribution in [0.4, 0.5) is 0 Å². The SMILES string of the molecule is Cc1ccc(C(O)c2cc3ccccc3s2)cn1. The fourth-order valence-corrected chi connectivity index (χ4v) is 3.02. The fraction of sp³-hybridized carbons (Fsp3) is 0.133. The Labute approximate surface area is 110 Å². The molecule has 2 aromatic heterocycles. The van der Waals surface area contributed by atoms with Crippen molar-refractivity contribution in [2.45, 2.75) is 13.0 Å². The molecule has 1 unspecified atom stereocenters. The molecule has 0 saturated carbocycles. The summed E-state index contributed by atoms with van der Waals surface area (Å²) in [6.07, 6.45) is 1.15. The van der Waals surface area contributed by atoms with Gasteiger partial charge in [-0.1, -0.05) is 24.3 Å². The Bertz CT molecular complexity index is 639. The third kappa shape index (κ3) is 2.03. The Morgan fingerprint density at radius 1 is 1.17 bits per heavy atom. The highest BCUT2D eigenvalue weighted by Gasteiger charge is 2.13. The number of fused-ring (bicyclic) bond motifs is 1. The summed E-state index contributed by atoms with van der Waals surface area (Å²) in [7, 11) is 0. The Morgan fingerprint density at radius 3 is 2.72 bits per heavy atom. The Balaban J connectivity index is 2.00. The molecule has 0 amide bonds. The van der Waals surface area contributed by atoms with E-state index in [4.69, 9.17) is 0 Å². The largest absolute Gasteiger partial charge is 0.383 e. The average molecular weight is 255 g/mol. The van der Waals surface area contributed by atoms with E-state index in [1.54, 1.807) is 17.5 Å². The van der Waals surface area contributed by atoms with Gasteiger partial charge in [0.05, 0.1) is 0 Å². The number of benzene rings is 1. The zero-order valence-electron chi connectivity index (χ0n) is 10.00. The van der Waals surface area contributed by atoms with Crippen LogP contribution in [-0.2, 0) is 0 Å². The van der Waals surface area contributed by atoms with Gasteiger partial charge in [-0.2, -0.15) is 0 Å². The molecule has 0 aliphatic carbocycles. The molecule has 0 spiro atoms. The lowest BCUT2D eigenvalue weighted by molar-refractivity contribution is 0.224. The summed E-state index contributed by atoms with van der Waals surface area (Å²) >= 11 is 1.63. The quantitative estimate of drug-likeness (QED) is 0.757. The number of pyridine rings is 1. The van der Waals surface area contributed by atoms with Crippen LogP contribution < -0.4 is 0 Å². The first-order valence-electron chi connectivity index (χ1n) is 5.83. The molecule has 0 aliphatic rings. The highest BCUT2D eigenvalue weighted by molar-refractivity contribution is 7.19. The van der Waals surface area contributed by atoms with Crippen molar-refractivity contribution in [3.63, 3.8) is 0 Å². The van der Waals surface area contributed by atoms with E-state index < -0.39 is 6.10 Å². The van der Waals surface area contributed by atoms with Crippen molar-refractivity contribution in [2.75, 3.05) is 0 Å². The molecule has 1 atom stereocenters. The van der Waals surface area contributed by atoms with Gasteiger partial charge < -0.3 is 5.11 Å². The summed E-state index contributed by atoms with van der Waals surface area (Å²) in [4.78, 5) is 5.18. The molecule has 3 heteroatoms. The molecule has 3 aromatic rings. The van der Waals surface area contributed by atoms with Crippen molar-refractivity contribution in [3.8, 4) is 0 Å². The summed E-state index contributed by atoms with van der Waals surface area (Å²) in [5.41, 5.74) is 1.80. The molecule has 2 heterocycles. The minimum Gasteiger partial charge on any atom is -0.383 e. The number of hydrogen-bond acceptors (Lipinski definition) is 3. The van der Waals surface area contributed by atoms with E-state index in [2.05, 4.69) is 17.1 Å². The Morgan fingerprint density at radius 2 is 2.00 bits per heavy atom. The maximum absolute atomic E-state index is 10.4. The topological polar surface area (TPSA) is 33.1 Å². The van der Waals surface area contributed by atoms with Crippen molar-refractivity contribution in [1.29, 1.82) is 0 Å². The first-order chi connectivity index (χ1) is 8.74. The fourth-order valence-electron chi connectivity index (χ4n) is 1.94. The van der Waals surface area contributed by atoms with Crippen molar-refractivity contribution in [2.24, 2.45) is 0 Å². The Hall–Kier alpha value is -1.71. The van der Waals surface area contributed by atoms with Gasteiger partial charge in [0.2, 0.25) is 0 Å². The van der Waals surface area contributed by atoms with E-state index in [-0.39, 0.29) is 0 Å². The Kier molecular flexibility index (Phi) is 2.86. The van der Waals surface area contributed by atoms with E-state index in [0.29, 0.717) is 0 Å². The molecule has 2 nitrogen and oxygen atoms in total. The number of hydrogen-bond donors (Lipinski definition) is 1. The van der Waals surface area contributed by atoms with Crippen LogP contribution in [0.1, 0.15) is 22.2 Å². The van der Waals surface area contributed by atoms with Crippen LogP contribution in [0.25, 0.3) is 10.1 Å². The second kappa shape index (κ2) is 4.52. The second-order valence-corrected chi connectivity index (χ2v) is 5.44. The van der Waals surface area contributed by atoms with Crippen LogP contribution in [0.5, 0.6) is 0 Å². The third-order valence-corrected chi connectivity index (χ3v) is 4.13. The lowest BCUT2D eigenvalue weighted by atomic mass is 10.1. The second-order valence-electron chi connectivity index (χ2n) is 4.32. The number of thiophene rings is 1. The van der Waals surface area contributed by atoms with E-state index in [1.807, 2.05) is 37.3 Å². The number of rotatable bonds is 2. The minimum absolute atomic E-state index is 0.588. The van der Waals surface area contributed by atoms with Crippen LogP contribution in [0, 0.1) is 6.92 Å². The molecular formula is C15H13NOS. The smallest absolute Gasteiger partial charge is 0.115 e. The number of aryl methyl sites for hydroxylation is 1. The third-order valence-electron chi connectivity index (χ3n) is 2.96. The molecular weight excluding hydrogens is 242 g/mol. The summed E-state index contributed by atoms with van der Waals surface area (Å²) < 4.78 is 1.20. The highest BCUT2D eigenvalue weighted by atomic mass is 32.1. The maximum atomic E-state index is 10.4. The van der Waals surface area contributed by atoms with Gasteiger partial charge in [-0.3, -0.25) is 4.98 Å². The van der Waals surface area contributed by atoms with Gasteiger partial charge in [-0.25, -0.2) is 0 Å². The summed E-state index contributed by atoms with van der Waals surface area (Å²) in [5.74, 6) is 0. The predicted molar refractivity (Wildman–Crippen MR) is 74.9 cm³/mol. The number of aliphatic hydroxyl groups excluding tert-OH is 1. The number of nitrogens with zero attached hydrogens (tertiary/aromatic N) is 1. The normalized spacial score (nSPS) is 12.8. The van der Waals surface area contributed by atoms with Gasteiger partial charge in [0, 0.05) is 27.0 Å². The van der Waals surface area contributed by atoms with Crippen molar-refractivity contribution < 1.29 is 5.11 Å². The first kappa shape index (κ1) is 11.4. The summed E-state index contributed by atoms with van der Waals surface area (Å²) in [5, 5.41) is 11.5. The van der Waals surface area contributed by atoms with Crippen LogP contribution in [-0.4, -0.2) is 10.1 Å². The lowest BCUT2D eigenvalue weighted by Crippen LogP contribution is -1.97. The molecule has 18 heavy (non-hydrogen) atoms. The molecule has 1 N–H and O–H groups in total. The van der Waals surface area contributed by atoms with E-state index in [9.17, 15) is 5.11 Å². The van der Waals surface area contributed by atoms with Gasteiger partial charge in [0.15, 0.2) is 0 Å². The molecule has 0 saturated heterocycles. The van der Waals surface area contributed by atoms with Crippen LogP contribution >= 0.6 is 11.3 Å². The van der Waals surface area contributed by atoms with Crippen LogP contribution in [0.15, 0.2) is 48.7 Å². The molecule has 0 bridgehead atoms. The zero-order chi connectivity index (χ0) is 12.5. The van der Waals surface area contributed by atoms with E-state index in [1.165, 1.54) is 10.1 Å². The van der Waals surface area contributed by atoms with Crippen molar-refractivity contribution >= 4 is 21.4 Å². The number of aliphatic hydroxyl groups is 1. The maximum Gasteiger partial charge on any atom is 0.115 e. The molecule has 3 rings (SSSR count). The minimum atomic E-state index is -0.588. The van der Waals surface area contributed by atoms with Gasteiger partial charge in [0.25, 0.3) is 0 Å². The average Bonchev–Trinajstić information content (AvgIpc) is 2.82. The number of aromatic nitrogens is 1. The first-order valence-corrected chi connectivity index (χ1v) is 6.65. The molecule has 0 aliphatic heterocycles. The molecule has 90 valence electrons.